The fourth-order valence-corrected chi connectivity index (χ4v) is 3.04. The summed E-state index contributed by atoms with van der Waals surface area (Å²) in [5.41, 5.74) is 0. The summed E-state index contributed by atoms with van der Waals surface area (Å²) in [4.78, 5) is 6.68. The van der Waals surface area contributed by atoms with Gasteiger partial charge in [0.1, 0.15) is 0 Å². The number of guanidine groups is 1. The number of nitrogens with one attached hydrogen (secondary N) is 2. The molecule has 0 radical (unpaired) electrons. The first kappa shape index (κ1) is 17.3. The Hall–Kier alpha value is -0.760. The topological polar surface area (TPSA) is 39.7 Å². The summed E-state index contributed by atoms with van der Waals surface area (Å²) in [7, 11) is 1.80. The van der Waals surface area contributed by atoms with Gasteiger partial charge in [0.25, 0.3) is 0 Å². The lowest BCUT2D eigenvalue weighted by atomic mass is 10.1. The van der Waals surface area contributed by atoms with Crippen molar-refractivity contribution in [2.45, 2.75) is 18.9 Å². The van der Waals surface area contributed by atoms with Crippen molar-refractivity contribution in [2.24, 2.45) is 4.99 Å². The lowest BCUT2D eigenvalue weighted by Gasteiger charge is -2.33. The van der Waals surface area contributed by atoms with Crippen LogP contribution in [0, 0.1) is 0 Å². The van der Waals surface area contributed by atoms with Crippen LogP contribution in [0.1, 0.15) is 12.8 Å². The predicted molar refractivity (Wildman–Crippen MR) is 99.7 cm³/mol. The van der Waals surface area contributed by atoms with Crippen molar-refractivity contribution in [1.29, 1.82) is 0 Å². The fourth-order valence-electron chi connectivity index (χ4n) is 2.25. The number of thiophene rings is 1. The Balaban J connectivity index is 0.00000200. The van der Waals surface area contributed by atoms with Gasteiger partial charge in [0.05, 0.1) is 5.00 Å². The standard InChI is InChI=1S/C14H22N4S.HI/c1-3-8-16-14(15-2)17-12-6-9-18(10-7-12)13-5-4-11-19-13;/h3-5,11-12H,1,6-10H2,2H3,(H2,15,16,17);1H. The van der Waals surface area contributed by atoms with Gasteiger partial charge in [0, 0.05) is 32.7 Å². The molecular formula is C14H23IN4S. The lowest BCUT2D eigenvalue weighted by Crippen LogP contribution is -2.48. The maximum absolute atomic E-state index is 4.22. The maximum atomic E-state index is 4.22. The van der Waals surface area contributed by atoms with E-state index in [1.807, 2.05) is 17.4 Å². The highest BCUT2D eigenvalue weighted by molar-refractivity contribution is 14.0. The molecule has 112 valence electrons. The van der Waals surface area contributed by atoms with Crippen LogP contribution in [0.25, 0.3) is 0 Å². The molecule has 4 nitrogen and oxygen atoms in total. The summed E-state index contributed by atoms with van der Waals surface area (Å²) in [6, 6.07) is 4.82. The fraction of sp³-hybridized carbons (Fsp3) is 0.500. The van der Waals surface area contributed by atoms with Crippen molar-refractivity contribution in [3.63, 3.8) is 0 Å². The number of anilines is 1. The van der Waals surface area contributed by atoms with Gasteiger partial charge in [-0.3, -0.25) is 4.99 Å². The molecule has 0 saturated carbocycles. The van der Waals surface area contributed by atoms with Crippen LogP contribution in [0.3, 0.4) is 0 Å². The summed E-state index contributed by atoms with van der Waals surface area (Å²) in [6.07, 6.45) is 4.13. The highest BCUT2D eigenvalue weighted by atomic mass is 127. The first-order valence-corrected chi connectivity index (χ1v) is 7.58. The maximum Gasteiger partial charge on any atom is 0.191 e. The van der Waals surface area contributed by atoms with Gasteiger partial charge in [-0.2, -0.15) is 0 Å². The Morgan fingerprint density at radius 1 is 1.55 bits per heavy atom. The average molecular weight is 406 g/mol. The molecule has 2 heterocycles. The van der Waals surface area contributed by atoms with Crippen LogP contribution in [0.2, 0.25) is 0 Å². The second-order valence-corrected chi connectivity index (χ2v) is 5.52. The average Bonchev–Trinajstić information content (AvgIpc) is 2.98. The minimum Gasteiger partial charge on any atom is -0.363 e. The Morgan fingerprint density at radius 2 is 2.30 bits per heavy atom. The van der Waals surface area contributed by atoms with E-state index < -0.39 is 0 Å². The number of hydrogen-bond acceptors (Lipinski definition) is 3. The third-order valence-corrected chi connectivity index (χ3v) is 4.22. The van der Waals surface area contributed by atoms with Crippen LogP contribution in [0.5, 0.6) is 0 Å². The second-order valence-electron chi connectivity index (χ2n) is 4.60. The van der Waals surface area contributed by atoms with Crippen LogP contribution < -0.4 is 15.5 Å². The van der Waals surface area contributed by atoms with Crippen LogP contribution in [-0.2, 0) is 0 Å². The van der Waals surface area contributed by atoms with Crippen LogP contribution in [0.4, 0.5) is 5.00 Å². The third kappa shape index (κ3) is 4.97. The monoisotopic (exact) mass is 406 g/mol. The third-order valence-electron chi connectivity index (χ3n) is 3.29. The van der Waals surface area contributed by atoms with E-state index in [2.05, 4.69) is 44.6 Å². The molecule has 2 rings (SSSR count). The normalized spacial score (nSPS) is 16.4. The quantitative estimate of drug-likeness (QED) is 0.350. The van der Waals surface area contributed by atoms with E-state index in [9.17, 15) is 0 Å². The number of halogens is 1. The number of piperidine rings is 1. The molecule has 2 N–H and O–H groups in total. The smallest absolute Gasteiger partial charge is 0.191 e. The van der Waals surface area contributed by atoms with Gasteiger partial charge >= 0.3 is 0 Å². The van der Waals surface area contributed by atoms with Crippen molar-refractivity contribution in [2.75, 3.05) is 31.6 Å². The molecule has 20 heavy (non-hydrogen) atoms. The molecule has 0 unspecified atom stereocenters. The zero-order valence-corrected chi connectivity index (χ0v) is 15.0. The van der Waals surface area contributed by atoms with E-state index >= 15 is 0 Å². The number of nitrogens with zero attached hydrogens (tertiary/aromatic N) is 2. The lowest BCUT2D eigenvalue weighted by molar-refractivity contribution is 0.463. The molecule has 0 bridgehead atoms. The molecule has 0 amide bonds. The van der Waals surface area contributed by atoms with Crippen molar-refractivity contribution in [3.05, 3.63) is 30.2 Å². The van der Waals surface area contributed by atoms with Crippen molar-refractivity contribution < 1.29 is 0 Å². The SMILES string of the molecule is C=CCNC(=NC)NC1CCN(c2cccs2)CC1.I. The summed E-state index contributed by atoms with van der Waals surface area (Å²) in [5.74, 6) is 0.870. The highest BCUT2D eigenvalue weighted by Crippen LogP contribution is 2.24. The van der Waals surface area contributed by atoms with Gasteiger partial charge in [-0.15, -0.1) is 41.9 Å². The predicted octanol–water partition coefficient (Wildman–Crippen LogP) is 2.69. The molecule has 0 aromatic carbocycles. The Labute approximate surface area is 142 Å². The molecule has 1 aliphatic heterocycles. The zero-order valence-electron chi connectivity index (χ0n) is 11.8. The van der Waals surface area contributed by atoms with Gasteiger partial charge in [0.15, 0.2) is 5.96 Å². The van der Waals surface area contributed by atoms with Crippen LogP contribution >= 0.6 is 35.3 Å². The van der Waals surface area contributed by atoms with Gasteiger partial charge in [-0.25, -0.2) is 0 Å². The first-order valence-electron chi connectivity index (χ1n) is 6.70. The molecule has 1 aromatic heterocycles. The molecule has 1 fully saturated rings. The van der Waals surface area contributed by atoms with Crippen LogP contribution in [0.15, 0.2) is 35.2 Å². The largest absolute Gasteiger partial charge is 0.363 e. The van der Waals surface area contributed by atoms with E-state index in [1.54, 1.807) is 7.05 Å². The second kappa shape index (κ2) is 9.23. The summed E-state index contributed by atoms with van der Waals surface area (Å²) >= 11 is 1.82. The van der Waals surface area contributed by atoms with E-state index in [0.29, 0.717) is 6.04 Å². The minimum atomic E-state index is 0. The zero-order chi connectivity index (χ0) is 13.5. The van der Waals surface area contributed by atoms with Gasteiger partial charge in [0.2, 0.25) is 0 Å². The van der Waals surface area contributed by atoms with Crippen LogP contribution in [-0.4, -0.2) is 38.7 Å². The molecular weight excluding hydrogens is 383 g/mol. The molecule has 0 spiro atoms. The number of rotatable bonds is 4. The molecule has 6 heteroatoms. The van der Waals surface area contributed by atoms with Gasteiger partial charge in [-0.1, -0.05) is 6.08 Å². The summed E-state index contributed by atoms with van der Waals surface area (Å²) in [5, 5.41) is 10.2. The Bertz CT molecular complexity index is 411. The molecule has 1 aliphatic rings. The molecule has 0 atom stereocenters. The van der Waals surface area contributed by atoms with E-state index in [4.69, 9.17) is 0 Å². The Morgan fingerprint density at radius 3 is 2.85 bits per heavy atom. The summed E-state index contributed by atoms with van der Waals surface area (Å²) < 4.78 is 0. The number of aliphatic imine (C=N–C) groups is 1. The molecule has 1 aromatic rings. The number of hydrogen-bond donors (Lipinski definition) is 2. The Kier molecular flexibility index (Phi) is 7.98. The highest BCUT2D eigenvalue weighted by Gasteiger charge is 2.20. The molecule has 1 saturated heterocycles. The van der Waals surface area contributed by atoms with Crippen molar-refractivity contribution in [1.82, 2.24) is 10.6 Å². The van der Waals surface area contributed by atoms with E-state index in [0.717, 1.165) is 38.4 Å². The first-order chi connectivity index (χ1) is 9.33. The minimum absolute atomic E-state index is 0. The van der Waals surface area contributed by atoms with Crippen molar-refractivity contribution in [3.8, 4) is 0 Å². The summed E-state index contributed by atoms with van der Waals surface area (Å²) in [6.45, 7) is 6.66. The molecule has 0 aliphatic carbocycles. The van der Waals surface area contributed by atoms with Gasteiger partial charge < -0.3 is 15.5 Å². The van der Waals surface area contributed by atoms with E-state index in [1.165, 1.54) is 5.00 Å². The van der Waals surface area contributed by atoms with Crippen molar-refractivity contribution >= 4 is 46.3 Å². The van der Waals surface area contributed by atoms with Gasteiger partial charge in [-0.05, 0) is 30.4 Å². The van der Waals surface area contributed by atoms with E-state index in [-0.39, 0.29) is 24.0 Å².